The van der Waals surface area contributed by atoms with E-state index < -0.39 is 0 Å². The lowest BCUT2D eigenvalue weighted by atomic mass is 10.0. The second-order valence-corrected chi connectivity index (χ2v) is 5.75. The van der Waals surface area contributed by atoms with Crippen LogP contribution in [0.4, 0.5) is 0 Å². The summed E-state index contributed by atoms with van der Waals surface area (Å²) in [4.78, 5) is 8.99. The first-order valence-electron chi connectivity index (χ1n) is 7.12. The van der Waals surface area contributed by atoms with Gasteiger partial charge in [-0.1, -0.05) is 6.08 Å². The highest BCUT2D eigenvalue weighted by atomic mass is 15.2. The van der Waals surface area contributed by atoms with Crippen molar-refractivity contribution in [3.05, 3.63) is 30.0 Å². The zero-order chi connectivity index (χ0) is 13.8. The second-order valence-electron chi connectivity index (χ2n) is 5.75. The summed E-state index contributed by atoms with van der Waals surface area (Å²) in [6, 6.07) is 0.626. The Morgan fingerprint density at radius 2 is 2.05 bits per heavy atom. The largest absolute Gasteiger partial charge is 0.384 e. The Bertz CT molecular complexity index is 425. The first-order valence-corrected chi connectivity index (χ1v) is 7.12. The molecule has 1 aliphatic heterocycles. The van der Waals surface area contributed by atoms with Gasteiger partial charge in [-0.2, -0.15) is 0 Å². The molecular weight excluding hydrogens is 236 g/mol. The van der Waals surface area contributed by atoms with Gasteiger partial charge >= 0.3 is 0 Å². The van der Waals surface area contributed by atoms with Crippen molar-refractivity contribution in [3.63, 3.8) is 0 Å². The topological polar surface area (TPSA) is 24.3 Å². The van der Waals surface area contributed by atoms with Crippen LogP contribution in [0.15, 0.2) is 18.5 Å². The van der Waals surface area contributed by atoms with Gasteiger partial charge in [-0.05, 0) is 46.1 Å². The molecule has 0 N–H and O–H groups in total. The van der Waals surface area contributed by atoms with Crippen LogP contribution >= 0.6 is 0 Å². The van der Waals surface area contributed by atoms with Gasteiger partial charge < -0.3 is 14.4 Å². The maximum atomic E-state index is 4.51. The molecule has 0 unspecified atom stereocenters. The zero-order valence-electron chi connectivity index (χ0n) is 12.6. The molecule has 0 aromatic carbocycles. The van der Waals surface area contributed by atoms with Crippen LogP contribution in [0.3, 0.4) is 0 Å². The van der Waals surface area contributed by atoms with E-state index in [1.807, 2.05) is 6.20 Å². The average Bonchev–Trinajstić information content (AvgIpc) is 2.72. The average molecular weight is 262 g/mol. The Balaban J connectivity index is 2.09. The van der Waals surface area contributed by atoms with Gasteiger partial charge in [0.2, 0.25) is 0 Å². The first-order chi connectivity index (χ1) is 9.08. The fraction of sp³-hybridized carbons (Fsp3) is 0.667. The fourth-order valence-electron chi connectivity index (χ4n) is 2.79. The zero-order valence-corrected chi connectivity index (χ0v) is 12.6. The van der Waals surface area contributed by atoms with Crippen molar-refractivity contribution in [2.75, 3.05) is 34.2 Å². The molecule has 0 atom stereocenters. The lowest BCUT2D eigenvalue weighted by Crippen LogP contribution is -2.32. The van der Waals surface area contributed by atoms with E-state index in [1.54, 1.807) is 0 Å². The molecule has 1 fully saturated rings. The molecule has 2 rings (SSSR count). The summed E-state index contributed by atoms with van der Waals surface area (Å²) < 4.78 is 2.45. The Morgan fingerprint density at radius 1 is 1.37 bits per heavy atom. The van der Waals surface area contributed by atoms with Crippen molar-refractivity contribution in [3.8, 4) is 0 Å². The Kier molecular flexibility index (Phi) is 4.64. The van der Waals surface area contributed by atoms with Crippen molar-refractivity contribution >= 4 is 0 Å². The summed E-state index contributed by atoms with van der Waals surface area (Å²) in [6.45, 7) is 4.50. The number of aryl methyl sites for hydroxylation is 1. The number of nitrogens with zero attached hydrogens (tertiary/aromatic N) is 4. The summed E-state index contributed by atoms with van der Waals surface area (Å²) in [5.74, 6) is 1.16. The van der Waals surface area contributed by atoms with Crippen LogP contribution in [-0.2, 0) is 6.42 Å². The minimum atomic E-state index is 0.626. The Labute approximate surface area is 116 Å². The second kappa shape index (κ2) is 6.24. The number of rotatable bonds is 4. The Hall–Kier alpha value is -1.29. The van der Waals surface area contributed by atoms with Crippen LogP contribution in [0, 0.1) is 6.92 Å². The van der Waals surface area contributed by atoms with Gasteiger partial charge in [0.25, 0.3) is 0 Å². The van der Waals surface area contributed by atoms with Gasteiger partial charge in [-0.25, -0.2) is 4.98 Å². The van der Waals surface area contributed by atoms with E-state index in [0.717, 1.165) is 12.2 Å². The van der Waals surface area contributed by atoms with E-state index in [0.29, 0.717) is 6.04 Å². The molecular formula is C15H26N4. The number of hydrogen-bond donors (Lipinski definition) is 0. The van der Waals surface area contributed by atoms with Crippen molar-refractivity contribution in [1.29, 1.82) is 0 Å². The molecule has 0 saturated carbocycles. The van der Waals surface area contributed by atoms with Gasteiger partial charge in [0.15, 0.2) is 0 Å². The summed E-state index contributed by atoms with van der Waals surface area (Å²) in [6.07, 6.45) is 9.79. The van der Waals surface area contributed by atoms with Crippen molar-refractivity contribution in [2.45, 2.75) is 32.2 Å². The highest BCUT2D eigenvalue weighted by Gasteiger charge is 2.21. The number of piperidine rings is 1. The number of allylic oxidation sites excluding steroid dienone is 1. The molecule has 0 amide bonds. The van der Waals surface area contributed by atoms with E-state index in [4.69, 9.17) is 0 Å². The smallest absolute Gasteiger partial charge is 0.105 e. The van der Waals surface area contributed by atoms with Crippen LogP contribution in [-0.4, -0.2) is 53.6 Å². The molecule has 2 heterocycles. The lowest BCUT2D eigenvalue weighted by Gasteiger charge is -2.31. The quantitative estimate of drug-likeness (QED) is 0.830. The normalized spacial score (nSPS) is 18.3. The molecule has 0 spiro atoms. The van der Waals surface area contributed by atoms with Crippen molar-refractivity contribution in [1.82, 2.24) is 19.4 Å². The third kappa shape index (κ3) is 3.60. The molecule has 1 aliphatic rings. The van der Waals surface area contributed by atoms with E-state index >= 15 is 0 Å². The summed E-state index contributed by atoms with van der Waals surface area (Å²) >= 11 is 0. The lowest BCUT2D eigenvalue weighted by molar-refractivity contribution is 0.218. The highest BCUT2D eigenvalue weighted by molar-refractivity contribution is 5.11. The third-order valence-corrected chi connectivity index (χ3v) is 3.84. The molecule has 106 valence electrons. The summed E-state index contributed by atoms with van der Waals surface area (Å²) in [5.41, 5.74) is 1.34. The SMILES string of the molecule is Cc1ncc(CC=CN(C)C)n1C1CCN(C)CC1. The van der Waals surface area contributed by atoms with E-state index in [1.165, 1.54) is 31.6 Å². The minimum Gasteiger partial charge on any atom is -0.384 e. The molecule has 0 radical (unpaired) electrons. The Morgan fingerprint density at radius 3 is 2.68 bits per heavy atom. The van der Waals surface area contributed by atoms with E-state index in [9.17, 15) is 0 Å². The molecule has 19 heavy (non-hydrogen) atoms. The number of likely N-dealkylation sites (tertiary alicyclic amines) is 1. The maximum Gasteiger partial charge on any atom is 0.105 e. The number of hydrogen-bond acceptors (Lipinski definition) is 3. The number of aromatic nitrogens is 2. The monoisotopic (exact) mass is 262 g/mol. The molecule has 0 aliphatic carbocycles. The van der Waals surface area contributed by atoms with Crippen LogP contribution in [0.5, 0.6) is 0 Å². The molecule has 1 aromatic rings. The number of imidazole rings is 1. The van der Waals surface area contributed by atoms with E-state index in [2.05, 4.69) is 59.7 Å². The minimum absolute atomic E-state index is 0.626. The van der Waals surface area contributed by atoms with Gasteiger partial charge in [-0.3, -0.25) is 0 Å². The predicted octanol–water partition coefficient (Wildman–Crippen LogP) is 2.08. The van der Waals surface area contributed by atoms with Crippen LogP contribution < -0.4 is 0 Å². The van der Waals surface area contributed by atoms with Crippen LogP contribution in [0.25, 0.3) is 0 Å². The van der Waals surface area contributed by atoms with Crippen molar-refractivity contribution in [2.24, 2.45) is 0 Å². The highest BCUT2D eigenvalue weighted by Crippen LogP contribution is 2.25. The standard InChI is InChI=1S/C15H26N4/c1-13-16-12-15(6-5-9-17(2)3)19(13)14-7-10-18(4)11-8-14/h5,9,12,14H,6-8,10-11H2,1-4H3. The van der Waals surface area contributed by atoms with Gasteiger partial charge in [0.05, 0.1) is 0 Å². The van der Waals surface area contributed by atoms with E-state index in [-0.39, 0.29) is 0 Å². The summed E-state index contributed by atoms with van der Waals surface area (Å²) in [7, 11) is 6.31. The first kappa shape index (κ1) is 14.1. The molecule has 4 nitrogen and oxygen atoms in total. The maximum absolute atomic E-state index is 4.51. The molecule has 4 heteroatoms. The van der Waals surface area contributed by atoms with Crippen LogP contribution in [0.2, 0.25) is 0 Å². The van der Waals surface area contributed by atoms with Crippen molar-refractivity contribution < 1.29 is 0 Å². The van der Waals surface area contributed by atoms with Gasteiger partial charge in [-0.15, -0.1) is 0 Å². The fourth-order valence-corrected chi connectivity index (χ4v) is 2.79. The molecule has 1 saturated heterocycles. The van der Waals surface area contributed by atoms with Gasteiger partial charge in [0.1, 0.15) is 5.82 Å². The molecule has 0 bridgehead atoms. The summed E-state index contributed by atoms with van der Waals surface area (Å²) in [5, 5.41) is 0. The predicted molar refractivity (Wildman–Crippen MR) is 79.3 cm³/mol. The van der Waals surface area contributed by atoms with Gasteiger partial charge in [0, 0.05) is 38.4 Å². The van der Waals surface area contributed by atoms with Crippen LogP contribution in [0.1, 0.15) is 30.4 Å². The molecule has 1 aromatic heterocycles. The third-order valence-electron chi connectivity index (χ3n) is 3.84.